The number of sulfonamides is 1. The molecule has 7 nitrogen and oxygen atoms in total. The molecule has 0 aliphatic carbocycles. The average molecular weight is 424 g/mol. The van der Waals surface area contributed by atoms with Crippen molar-refractivity contribution >= 4 is 44.1 Å². The number of para-hydroxylation sites is 1. The summed E-state index contributed by atoms with van der Waals surface area (Å²) in [6.45, 7) is 4.59. The molecule has 0 N–H and O–H groups in total. The van der Waals surface area contributed by atoms with E-state index >= 15 is 0 Å². The number of nitrogens with zero attached hydrogens (tertiary/aromatic N) is 5. The minimum Gasteiger partial charge on any atom is -0.295 e. The third-order valence-electron chi connectivity index (χ3n) is 4.64. The van der Waals surface area contributed by atoms with Crippen molar-refractivity contribution in [1.29, 1.82) is 0 Å². The molecule has 1 aliphatic rings. The molecule has 1 aliphatic heterocycles. The zero-order chi connectivity index (χ0) is 19.0. The molecule has 3 heterocycles. The zero-order valence-electron chi connectivity index (χ0n) is 14.7. The summed E-state index contributed by atoms with van der Waals surface area (Å²) in [5, 5.41) is 4.85. The molecule has 3 aromatic rings. The van der Waals surface area contributed by atoms with E-state index in [2.05, 4.69) is 19.5 Å². The van der Waals surface area contributed by atoms with E-state index in [0.29, 0.717) is 42.6 Å². The molecule has 1 fully saturated rings. The third kappa shape index (κ3) is 3.70. The summed E-state index contributed by atoms with van der Waals surface area (Å²) in [7, 11) is -3.60. The molecule has 0 bridgehead atoms. The van der Waals surface area contributed by atoms with Gasteiger partial charge in [-0.25, -0.2) is 8.42 Å². The predicted molar refractivity (Wildman–Crippen MR) is 105 cm³/mol. The summed E-state index contributed by atoms with van der Waals surface area (Å²) in [6.07, 6.45) is 1.70. The standard InChI is InChI=1S/C17H18ClN5O2S2/c1-12-9-13-3-2-4-15(16(13)19-10-12)27(24,25)23-7-5-22(6-8-23)11-14-17(18)26-21-20-14/h2-4,9-10H,5-8,11H2,1H3. The van der Waals surface area contributed by atoms with Crippen LogP contribution in [0.1, 0.15) is 11.3 Å². The van der Waals surface area contributed by atoms with Crippen molar-refractivity contribution in [3.8, 4) is 0 Å². The van der Waals surface area contributed by atoms with Crippen molar-refractivity contribution in [3.63, 3.8) is 0 Å². The van der Waals surface area contributed by atoms with Crippen LogP contribution in [0.2, 0.25) is 4.34 Å². The van der Waals surface area contributed by atoms with Gasteiger partial charge in [-0.1, -0.05) is 28.2 Å². The van der Waals surface area contributed by atoms with Gasteiger partial charge >= 0.3 is 0 Å². The number of halogens is 1. The number of hydrogen-bond donors (Lipinski definition) is 0. The molecule has 10 heteroatoms. The van der Waals surface area contributed by atoms with Crippen LogP contribution in [-0.2, 0) is 16.6 Å². The van der Waals surface area contributed by atoms with Gasteiger partial charge in [0.1, 0.15) is 14.9 Å². The van der Waals surface area contributed by atoms with Gasteiger partial charge in [0.15, 0.2) is 0 Å². The monoisotopic (exact) mass is 423 g/mol. The van der Waals surface area contributed by atoms with Crippen LogP contribution in [0, 0.1) is 6.92 Å². The molecule has 142 valence electrons. The van der Waals surface area contributed by atoms with Gasteiger partial charge in [0.05, 0.1) is 5.52 Å². The van der Waals surface area contributed by atoms with Crippen LogP contribution in [0.3, 0.4) is 0 Å². The number of benzene rings is 1. The topological polar surface area (TPSA) is 79.3 Å². The molecule has 0 amide bonds. The number of rotatable bonds is 4. The van der Waals surface area contributed by atoms with Gasteiger partial charge in [-0.15, -0.1) is 5.10 Å². The van der Waals surface area contributed by atoms with Gasteiger partial charge in [-0.2, -0.15) is 4.31 Å². The highest BCUT2D eigenvalue weighted by molar-refractivity contribution is 7.89. The lowest BCUT2D eigenvalue weighted by Crippen LogP contribution is -2.48. The predicted octanol–water partition coefficient (Wildman–Crippen LogP) is 2.55. The molecule has 1 saturated heterocycles. The van der Waals surface area contributed by atoms with Crippen molar-refractivity contribution in [1.82, 2.24) is 23.8 Å². The average Bonchev–Trinajstić information content (AvgIpc) is 3.06. The Labute approximate surface area is 166 Å². The normalized spacial score (nSPS) is 16.8. The second-order valence-corrected chi connectivity index (χ2v) is 9.78. The summed E-state index contributed by atoms with van der Waals surface area (Å²) in [4.78, 5) is 6.77. The second-order valence-electron chi connectivity index (χ2n) is 6.51. The Morgan fingerprint density at radius 2 is 2.00 bits per heavy atom. The van der Waals surface area contributed by atoms with Gasteiger partial charge < -0.3 is 0 Å². The molecule has 4 rings (SSSR count). The first-order valence-electron chi connectivity index (χ1n) is 8.50. The Bertz CT molecular complexity index is 1080. The maximum absolute atomic E-state index is 13.2. The van der Waals surface area contributed by atoms with E-state index in [1.807, 2.05) is 19.1 Å². The Morgan fingerprint density at radius 3 is 2.70 bits per heavy atom. The summed E-state index contributed by atoms with van der Waals surface area (Å²) in [5.74, 6) is 0. The number of hydrogen-bond acceptors (Lipinski definition) is 7. The summed E-state index contributed by atoms with van der Waals surface area (Å²) < 4.78 is 32.3. The smallest absolute Gasteiger partial charge is 0.245 e. The Morgan fingerprint density at radius 1 is 1.22 bits per heavy atom. The molecule has 0 saturated carbocycles. The lowest BCUT2D eigenvalue weighted by atomic mass is 10.2. The molecule has 2 aromatic heterocycles. The molecule has 0 atom stereocenters. The number of fused-ring (bicyclic) bond motifs is 1. The minimum absolute atomic E-state index is 0.264. The second kappa shape index (κ2) is 7.40. The number of pyridine rings is 1. The van der Waals surface area contributed by atoms with Gasteiger partial charge in [-0.3, -0.25) is 9.88 Å². The zero-order valence-corrected chi connectivity index (χ0v) is 17.1. The first-order chi connectivity index (χ1) is 12.9. The summed E-state index contributed by atoms with van der Waals surface area (Å²) >= 11 is 7.22. The largest absolute Gasteiger partial charge is 0.295 e. The fourth-order valence-corrected chi connectivity index (χ4v) is 5.42. The highest BCUT2D eigenvalue weighted by atomic mass is 35.5. The molecule has 0 radical (unpaired) electrons. The fourth-order valence-electron chi connectivity index (χ4n) is 3.22. The molecule has 1 aromatic carbocycles. The minimum atomic E-state index is -3.60. The van der Waals surface area contributed by atoms with Gasteiger partial charge in [0.25, 0.3) is 0 Å². The van der Waals surface area contributed by atoms with E-state index in [9.17, 15) is 8.42 Å². The van der Waals surface area contributed by atoms with E-state index in [4.69, 9.17) is 11.6 Å². The first-order valence-corrected chi connectivity index (χ1v) is 11.1. The van der Waals surface area contributed by atoms with Crippen LogP contribution in [0.4, 0.5) is 0 Å². The lowest BCUT2D eigenvalue weighted by molar-refractivity contribution is 0.180. The van der Waals surface area contributed by atoms with E-state index in [1.54, 1.807) is 18.3 Å². The Kier molecular flexibility index (Phi) is 5.13. The van der Waals surface area contributed by atoms with Crippen LogP contribution in [0.5, 0.6) is 0 Å². The number of aromatic nitrogens is 3. The van der Waals surface area contributed by atoms with Crippen molar-refractivity contribution in [2.75, 3.05) is 26.2 Å². The van der Waals surface area contributed by atoms with Crippen molar-refractivity contribution < 1.29 is 8.42 Å². The van der Waals surface area contributed by atoms with Crippen LogP contribution in [-0.4, -0.2) is 58.4 Å². The molecule has 27 heavy (non-hydrogen) atoms. The van der Waals surface area contributed by atoms with Gasteiger partial charge in [0.2, 0.25) is 10.0 Å². The summed E-state index contributed by atoms with van der Waals surface area (Å²) in [5.41, 5.74) is 2.26. The molecular weight excluding hydrogens is 406 g/mol. The quantitative estimate of drug-likeness (QED) is 0.641. The van der Waals surface area contributed by atoms with Crippen LogP contribution < -0.4 is 0 Å². The maximum atomic E-state index is 13.2. The maximum Gasteiger partial charge on any atom is 0.245 e. The van der Waals surface area contributed by atoms with E-state index < -0.39 is 10.0 Å². The Hall–Kier alpha value is -1.65. The molecular formula is C17H18ClN5O2S2. The van der Waals surface area contributed by atoms with Crippen molar-refractivity contribution in [3.05, 3.63) is 46.1 Å². The first kappa shape index (κ1) is 18.7. The highest BCUT2D eigenvalue weighted by Gasteiger charge is 2.30. The number of aryl methyl sites for hydroxylation is 1. The van der Waals surface area contributed by atoms with E-state index in [1.165, 1.54) is 4.31 Å². The fraction of sp³-hybridized carbons (Fsp3) is 0.353. The Balaban J connectivity index is 1.53. The van der Waals surface area contributed by atoms with Crippen LogP contribution in [0.15, 0.2) is 35.4 Å². The van der Waals surface area contributed by atoms with Gasteiger partial charge in [-0.05, 0) is 24.6 Å². The highest BCUT2D eigenvalue weighted by Crippen LogP contribution is 2.26. The third-order valence-corrected chi connectivity index (χ3v) is 7.56. The number of piperazine rings is 1. The summed E-state index contributed by atoms with van der Waals surface area (Å²) in [6, 6.07) is 7.24. The van der Waals surface area contributed by atoms with E-state index in [0.717, 1.165) is 28.2 Å². The van der Waals surface area contributed by atoms with Crippen molar-refractivity contribution in [2.24, 2.45) is 0 Å². The van der Waals surface area contributed by atoms with Gasteiger partial charge in [0, 0.05) is 55.8 Å². The van der Waals surface area contributed by atoms with Crippen LogP contribution in [0.25, 0.3) is 10.9 Å². The molecule has 0 spiro atoms. The molecule has 0 unspecified atom stereocenters. The van der Waals surface area contributed by atoms with Crippen molar-refractivity contribution in [2.45, 2.75) is 18.4 Å². The van der Waals surface area contributed by atoms with Crippen LogP contribution >= 0.6 is 23.1 Å². The lowest BCUT2D eigenvalue weighted by Gasteiger charge is -2.33. The SMILES string of the molecule is Cc1cnc2c(S(=O)(=O)N3CCN(Cc4nnsc4Cl)CC3)cccc2c1. The van der Waals surface area contributed by atoms with E-state index in [-0.39, 0.29) is 4.90 Å².